The summed E-state index contributed by atoms with van der Waals surface area (Å²) in [5.74, 6) is -0.933. The number of hydrogen-bond donors (Lipinski definition) is 2. The van der Waals surface area contributed by atoms with Gasteiger partial charge in [-0.3, -0.25) is 15.0 Å². The molecule has 0 atom stereocenters. The molecular formula is C22H46N4O4P2. The van der Waals surface area contributed by atoms with E-state index in [4.69, 9.17) is 9.47 Å². The smallest absolute Gasteiger partial charge is 0.338 e. The molecule has 1 rings (SSSR count). The van der Waals surface area contributed by atoms with Gasteiger partial charge in [0, 0.05) is 22.2 Å². The van der Waals surface area contributed by atoms with Crippen molar-refractivity contribution in [1.29, 1.82) is 0 Å². The molecule has 0 amide bonds. The van der Waals surface area contributed by atoms with Gasteiger partial charge in [-0.05, 0) is 83.1 Å². The predicted octanol–water partition coefficient (Wildman–Crippen LogP) is 4.88. The van der Waals surface area contributed by atoms with Crippen molar-refractivity contribution in [2.75, 3.05) is 14.2 Å². The largest absolute Gasteiger partial charge is 0.469 e. The van der Waals surface area contributed by atoms with Crippen molar-refractivity contribution in [2.45, 2.75) is 112 Å². The van der Waals surface area contributed by atoms with E-state index in [1.807, 2.05) is 0 Å². The molecule has 1 aliphatic rings. The number of carbonyl (C=O) groups excluding carboxylic acids is 2. The number of nitrogens with one attached hydrogen (secondary N) is 2. The molecule has 0 aromatic rings. The van der Waals surface area contributed by atoms with E-state index >= 15 is 0 Å². The van der Waals surface area contributed by atoms with Crippen LogP contribution in [0.1, 0.15) is 89.5 Å². The molecule has 0 aromatic carbocycles. The highest BCUT2D eigenvalue weighted by atomic mass is 31.3. The summed E-state index contributed by atoms with van der Waals surface area (Å²) in [5, 5.41) is 8.08. The average Bonchev–Trinajstić information content (AvgIpc) is 2.51. The average molecular weight is 493 g/mol. The molecule has 10 heteroatoms. The maximum Gasteiger partial charge on any atom is 0.338 e. The molecule has 2 N–H and O–H groups in total. The highest BCUT2D eigenvalue weighted by Crippen LogP contribution is 2.84. The van der Waals surface area contributed by atoms with E-state index in [9.17, 15) is 9.59 Å². The van der Waals surface area contributed by atoms with Crippen LogP contribution in [0.3, 0.4) is 0 Å². The number of rotatable bonds is 5. The molecule has 0 aliphatic carbocycles. The SMILES string of the molecule is COC(=O)CC(C(=O)OC)=P1(NC(C)(C)C)N(C(C)(C)C)P(NC(C)(C)C)N1C(C)(C)C. The lowest BCUT2D eigenvalue weighted by Gasteiger charge is -2.70. The number of carbonyl (C=O) groups is 2. The van der Waals surface area contributed by atoms with Gasteiger partial charge in [-0.25, -0.2) is 13.7 Å². The number of methoxy groups -OCH3 is 2. The summed E-state index contributed by atoms with van der Waals surface area (Å²) in [6.45, 7) is 25.6. The molecule has 0 radical (unpaired) electrons. The van der Waals surface area contributed by atoms with E-state index in [-0.39, 0.29) is 28.6 Å². The second-order valence-electron chi connectivity index (χ2n) is 12.2. The molecule has 0 bridgehead atoms. The van der Waals surface area contributed by atoms with Gasteiger partial charge < -0.3 is 9.47 Å². The van der Waals surface area contributed by atoms with E-state index < -0.39 is 27.7 Å². The van der Waals surface area contributed by atoms with Crippen molar-refractivity contribution >= 4 is 32.9 Å². The molecule has 0 unspecified atom stereocenters. The summed E-state index contributed by atoms with van der Waals surface area (Å²) in [6.07, 6.45) is -0.127. The first-order valence-corrected chi connectivity index (χ1v) is 13.9. The fourth-order valence-electron chi connectivity index (χ4n) is 3.70. The fourth-order valence-corrected chi connectivity index (χ4v) is 13.7. The Morgan fingerprint density at radius 2 is 1.22 bits per heavy atom. The minimum Gasteiger partial charge on any atom is -0.469 e. The Labute approximate surface area is 197 Å². The van der Waals surface area contributed by atoms with Crippen molar-refractivity contribution in [3.05, 3.63) is 0 Å². The van der Waals surface area contributed by atoms with E-state index in [0.717, 1.165) is 0 Å². The Morgan fingerprint density at radius 1 is 0.781 bits per heavy atom. The summed E-state index contributed by atoms with van der Waals surface area (Å²) in [5.41, 5.74) is -1.08. The third-order valence-corrected chi connectivity index (χ3v) is 14.1. The second-order valence-corrected chi connectivity index (χ2v) is 17.2. The van der Waals surface area contributed by atoms with Gasteiger partial charge in [-0.1, -0.05) is 0 Å². The maximum absolute atomic E-state index is 13.3. The Morgan fingerprint density at radius 3 is 1.50 bits per heavy atom. The van der Waals surface area contributed by atoms with Crippen LogP contribution in [0.5, 0.6) is 0 Å². The second kappa shape index (κ2) is 9.64. The molecule has 0 aromatic heterocycles. The van der Waals surface area contributed by atoms with Gasteiger partial charge in [0.1, 0.15) is 15.7 Å². The van der Waals surface area contributed by atoms with E-state index in [1.165, 1.54) is 14.2 Å². The van der Waals surface area contributed by atoms with Gasteiger partial charge in [0.15, 0.2) is 0 Å². The van der Waals surface area contributed by atoms with E-state index in [0.29, 0.717) is 5.29 Å². The van der Waals surface area contributed by atoms with Crippen LogP contribution in [0.4, 0.5) is 0 Å². The Kier molecular flexibility index (Phi) is 8.90. The lowest BCUT2D eigenvalue weighted by Crippen LogP contribution is -2.65. The summed E-state index contributed by atoms with van der Waals surface area (Å²) in [4.78, 5) is 25.8. The Balaban J connectivity index is 4.16. The van der Waals surface area contributed by atoms with Crippen LogP contribution in [-0.2, 0) is 19.1 Å². The Hall–Kier alpha value is -0.490. The van der Waals surface area contributed by atoms with Gasteiger partial charge >= 0.3 is 11.9 Å². The van der Waals surface area contributed by atoms with Gasteiger partial charge in [-0.15, -0.1) is 0 Å². The summed E-state index contributed by atoms with van der Waals surface area (Å²) < 4.78 is 15.1. The molecule has 0 spiro atoms. The molecule has 8 nitrogen and oxygen atoms in total. The third-order valence-electron chi connectivity index (χ3n) is 4.37. The third kappa shape index (κ3) is 6.55. The number of hydrogen-bond acceptors (Lipinski definition) is 8. The first-order valence-electron chi connectivity index (χ1n) is 11.0. The number of nitrogens with zero attached hydrogens (tertiary/aromatic N) is 2. The quantitative estimate of drug-likeness (QED) is 0.415. The van der Waals surface area contributed by atoms with Crippen molar-refractivity contribution in [2.24, 2.45) is 0 Å². The molecule has 1 fully saturated rings. The van der Waals surface area contributed by atoms with Crippen molar-refractivity contribution < 1.29 is 19.1 Å². The minimum atomic E-state index is -2.72. The zero-order valence-corrected chi connectivity index (χ0v) is 24.4. The number of ether oxygens (including phenoxy) is 2. The van der Waals surface area contributed by atoms with Crippen LogP contribution in [0.2, 0.25) is 0 Å². The van der Waals surface area contributed by atoms with Gasteiger partial charge in [-0.2, -0.15) is 0 Å². The van der Waals surface area contributed by atoms with Crippen molar-refractivity contribution in [1.82, 2.24) is 19.1 Å². The molecule has 1 saturated heterocycles. The van der Waals surface area contributed by atoms with Crippen LogP contribution in [0, 0.1) is 0 Å². The van der Waals surface area contributed by atoms with Crippen molar-refractivity contribution in [3.8, 4) is 0 Å². The standard InChI is InChI=1S/C22H46N4O4P2/c1-19(2,3)23-31-25(21(7,8)9)32(24-20(4,5)6,26(31)22(10,11)12)16(18(28)30-14)15-17(27)29-13/h23-24H,15H2,1-14H3. The molecule has 1 aliphatic heterocycles. The highest BCUT2D eigenvalue weighted by molar-refractivity contribution is 7.91. The molecule has 1 heterocycles. The van der Waals surface area contributed by atoms with Gasteiger partial charge in [0.25, 0.3) is 0 Å². The zero-order valence-electron chi connectivity index (χ0n) is 22.6. The maximum atomic E-state index is 13.3. The summed E-state index contributed by atoms with van der Waals surface area (Å²) in [7, 11) is -1.01. The lowest BCUT2D eigenvalue weighted by atomic mass is 10.1. The lowest BCUT2D eigenvalue weighted by molar-refractivity contribution is -0.140. The predicted molar refractivity (Wildman–Crippen MR) is 136 cm³/mol. The number of esters is 2. The van der Waals surface area contributed by atoms with Crippen LogP contribution < -0.4 is 10.2 Å². The minimum absolute atomic E-state index is 0.127. The summed E-state index contributed by atoms with van der Waals surface area (Å²) >= 11 is 0. The Bertz CT molecular complexity index is 745. The van der Waals surface area contributed by atoms with E-state index in [1.54, 1.807) is 0 Å². The normalized spacial score (nSPS) is 23.5. The van der Waals surface area contributed by atoms with Crippen LogP contribution >= 0.6 is 15.7 Å². The van der Waals surface area contributed by atoms with Crippen molar-refractivity contribution in [3.63, 3.8) is 0 Å². The van der Waals surface area contributed by atoms with Crippen LogP contribution in [-0.4, -0.2) is 62.5 Å². The first-order chi connectivity index (χ1) is 14.1. The molecular weight excluding hydrogens is 446 g/mol. The van der Waals surface area contributed by atoms with Gasteiger partial charge in [0.2, 0.25) is 0 Å². The van der Waals surface area contributed by atoms with Crippen LogP contribution in [0.15, 0.2) is 0 Å². The fraction of sp³-hybridized carbons (Fsp3) is 0.864. The monoisotopic (exact) mass is 492 g/mol. The molecule has 0 saturated carbocycles. The zero-order chi connectivity index (χ0) is 25.5. The summed E-state index contributed by atoms with van der Waals surface area (Å²) in [6, 6.07) is 0. The van der Waals surface area contributed by atoms with E-state index in [2.05, 4.69) is 102 Å². The van der Waals surface area contributed by atoms with Gasteiger partial charge in [0.05, 0.1) is 25.9 Å². The van der Waals surface area contributed by atoms with Crippen LogP contribution in [0.25, 0.3) is 0 Å². The molecule has 188 valence electrons. The molecule has 32 heavy (non-hydrogen) atoms. The highest BCUT2D eigenvalue weighted by Gasteiger charge is 2.63. The topological polar surface area (TPSA) is 83.1 Å². The first kappa shape index (κ1) is 29.5.